The van der Waals surface area contributed by atoms with Crippen molar-refractivity contribution < 1.29 is 33.5 Å². The number of carbonyl (C=O) groups is 3. The van der Waals surface area contributed by atoms with Gasteiger partial charge in [0, 0.05) is 22.7 Å². The number of imide groups is 2. The van der Waals surface area contributed by atoms with Gasteiger partial charge < -0.3 is 14.2 Å². The highest BCUT2D eigenvalue weighted by Gasteiger charge is 2.37. The number of anilines is 1. The van der Waals surface area contributed by atoms with Crippen LogP contribution in [0.15, 0.2) is 95.0 Å². The molecule has 0 spiro atoms. The van der Waals surface area contributed by atoms with Crippen LogP contribution in [0, 0.1) is 10.1 Å². The lowest BCUT2D eigenvalue weighted by Crippen LogP contribution is -2.54. The summed E-state index contributed by atoms with van der Waals surface area (Å²) in [7, 11) is 1.42. The standard InChI is InChI=1S/C32H23BrClN3O8/c1-43-28-16-20(15-26(33)29(28)45-17-19-5-4-7-23(13-19)37(41)42)14-25-30(38)35-32(40)36(31(25)39)22-9-11-24(12-10-22)44-18-21-6-2-3-8-27(21)34/h2-16H,17-18H2,1H3,(H,35,38,40)/b25-14+. The number of urea groups is 1. The van der Waals surface area contributed by atoms with Gasteiger partial charge in [-0.1, -0.05) is 41.9 Å². The van der Waals surface area contributed by atoms with Crippen LogP contribution < -0.4 is 24.4 Å². The summed E-state index contributed by atoms with van der Waals surface area (Å²) in [4.78, 5) is 50.3. The molecule has 13 heteroatoms. The number of carbonyl (C=O) groups excluding carboxylic acids is 3. The van der Waals surface area contributed by atoms with Crippen molar-refractivity contribution in [3.05, 3.63) is 127 Å². The van der Waals surface area contributed by atoms with Gasteiger partial charge in [0.2, 0.25) is 0 Å². The molecule has 1 heterocycles. The van der Waals surface area contributed by atoms with Crippen molar-refractivity contribution in [3.63, 3.8) is 0 Å². The van der Waals surface area contributed by atoms with Crippen LogP contribution in [0.3, 0.4) is 0 Å². The lowest BCUT2D eigenvalue weighted by molar-refractivity contribution is -0.384. The van der Waals surface area contributed by atoms with Crippen molar-refractivity contribution >= 4 is 62.8 Å². The molecule has 1 saturated heterocycles. The number of barbiturate groups is 1. The first-order valence-electron chi connectivity index (χ1n) is 13.3. The zero-order chi connectivity index (χ0) is 32.1. The Balaban J connectivity index is 1.34. The molecule has 0 atom stereocenters. The normalized spacial score (nSPS) is 13.9. The molecule has 228 valence electrons. The molecule has 1 aliphatic rings. The second kappa shape index (κ2) is 13.6. The summed E-state index contributed by atoms with van der Waals surface area (Å²) in [5, 5.41) is 13.9. The zero-order valence-electron chi connectivity index (χ0n) is 23.5. The maximum atomic E-state index is 13.4. The minimum atomic E-state index is -0.893. The van der Waals surface area contributed by atoms with E-state index in [9.17, 15) is 24.5 Å². The predicted molar refractivity (Wildman–Crippen MR) is 169 cm³/mol. The summed E-state index contributed by atoms with van der Waals surface area (Å²) in [6, 6.07) is 21.8. The molecule has 0 radical (unpaired) electrons. The Bertz CT molecular complexity index is 1840. The van der Waals surface area contributed by atoms with Crippen LogP contribution >= 0.6 is 27.5 Å². The average molecular weight is 693 g/mol. The number of non-ortho nitro benzene ring substituents is 1. The van der Waals surface area contributed by atoms with Crippen molar-refractivity contribution in [3.8, 4) is 17.2 Å². The number of methoxy groups -OCH3 is 1. The molecule has 0 bridgehead atoms. The molecule has 4 aromatic rings. The highest BCUT2D eigenvalue weighted by Crippen LogP contribution is 2.38. The van der Waals surface area contributed by atoms with E-state index in [1.807, 2.05) is 18.2 Å². The van der Waals surface area contributed by atoms with Gasteiger partial charge in [-0.2, -0.15) is 0 Å². The third-order valence-electron chi connectivity index (χ3n) is 6.62. The minimum absolute atomic E-state index is 0.0128. The van der Waals surface area contributed by atoms with Crippen molar-refractivity contribution in [1.82, 2.24) is 5.32 Å². The highest BCUT2D eigenvalue weighted by atomic mass is 79.9. The number of nitro benzene ring substituents is 1. The lowest BCUT2D eigenvalue weighted by Gasteiger charge is -2.26. The summed E-state index contributed by atoms with van der Waals surface area (Å²) in [5.74, 6) is -0.624. The summed E-state index contributed by atoms with van der Waals surface area (Å²) < 4.78 is 17.6. The maximum absolute atomic E-state index is 13.4. The minimum Gasteiger partial charge on any atom is -0.493 e. The van der Waals surface area contributed by atoms with Crippen LogP contribution in [-0.4, -0.2) is 29.9 Å². The molecule has 1 N–H and O–H groups in total. The fourth-order valence-corrected chi connectivity index (χ4v) is 5.17. The van der Waals surface area contributed by atoms with Crippen molar-refractivity contribution in [1.29, 1.82) is 0 Å². The molecule has 5 rings (SSSR count). The lowest BCUT2D eigenvalue weighted by atomic mass is 10.1. The number of nitrogens with zero attached hydrogens (tertiary/aromatic N) is 2. The Morgan fingerprint density at radius 2 is 1.71 bits per heavy atom. The zero-order valence-corrected chi connectivity index (χ0v) is 25.8. The van der Waals surface area contributed by atoms with Gasteiger partial charge in [-0.05, 0) is 75.6 Å². The van der Waals surface area contributed by atoms with Crippen molar-refractivity contribution in [2.75, 3.05) is 12.0 Å². The summed E-state index contributed by atoms with van der Waals surface area (Å²) in [5.41, 5.74) is 1.64. The van der Waals surface area contributed by atoms with Crippen molar-refractivity contribution in [2.45, 2.75) is 13.2 Å². The van der Waals surface area contributed by atoms with Crippen LogP contribution in [0.2, 0.25) is 5.02 Å². The molecule has 0 aromatic heterocycles. The molecule has 1 fully saturated rings. The predicted octanol–water partition coefficient (Wildman–Crippen LogP) is 6.84. The molecule has 4 aromatic carbocycles. The maximum Gasteiger partial charge on any atom is 0.335 e. The first-order chi connectivity index (χ1) is 21.6. The Morgan fingerprint density at radius 3 is 2.42 bits per heavy atom. The SMILES string of the molecule is COc1cc(/C=C2\C(=O)NC(=O)N(c3ccc(OCc4ccccc4Cl)cc3)C2=O)cc(Br)c1OCc1cccc([N+](=O)[O-])c1. The fraction of sp³-hybridized carbons (Fsp3) is 0.0938. The fourth-order valence-electron chi connectivity index (χ4n) is 4.41. The van der Waals surface area contributed by atoms with Crippen LogP contribution in [0.25, 0.3) is 6.08 Å². The quantitative estimate of drug-likeness (QED) is 0.0825. The van der Waals surface area contributed by atoms with Gasteiger partial charge in [-0.3, -0.25) is 25.0 Å². The number of amides is 4. The number of ether oxygens (including phenoxy) is 3. The Kier molecular flexibility index (Phi) is 9.45. The molecule has 0 saturated carbocycles. The van der Waals surface area contributed by atoms with E-state index in [4.69, 9.17) is 25.8 Å². The largest absolute Gasteiger partial charge is 0.493 e. The van der Waals surface area contributed by atoms with E-state index in [0.717, 1.165) is 10.5 Å². The summed E-state index contributed by atoms with van der Waals surface area (Å²) in [6.45, 7) is 0.236. The van der Waals surface area contributed by atoms with E-state index in [-0.39, 0.29) is 35.9 Å². The first kappa shape index (κ1) is 31.2. The molecular weight excluding hydrogens is 670 g/mol. The number of hydrogen-bond acceptors (Lipinski definition) is 8. The molecule has 1 aliphatic heterocycles. The van der Waals surface area contributed by atoms with Gasteiger partial charge >= 0.3 is 6.03 Å². The molecule has 11 nitrogen and oxygen atoms in total. The van der Waals surface area contributed by atoms with Gasteiger partial charge in [0.1, 0.15) is 24.5 Å². The Morgan fingerprint density at radius 1 is 0.956 bits per heavy atom. The van der Waals surface area contributed by atoms with Crippen LogP contribution in [-0.2, 0) is 22.8 Å². The molecule has 0 unspecified atom stereocenters. The van der Waals surface area contributed by atoms with Crippen LogP contribution in [0.1, 0.15) is 16.7 Å². The molecule has 0 aliphatic carbocycles. The number of halogens is 2. The summed E-state index contributed by atoms with van der Waals surface area (Å²) >= 11 is 9.61. The Hall–Kier alpha value is -5.20. The third kappa shape index (κ3) is 7.14. The van der Waals surface area contributed by atoms with E-state index in [1.165, 1.54) is 37.5 Å². The number of rotatable bonds is 10. The monoisotopic (exact) mass is 691 g/mol. The molecular formula is C32H23BrClN3O8. The smallest absolute Gasteiger partial charge is 0.335 e. The average Bonchev–Trinajstić information content (AvgIpc) is 3.02. The molecule has 45 heavy (non-hydrogen) atoms. The van der Waals surface area contributed by atoms with Gasteiger partial charge in [0.05, 0.1) is 22.2 Å². The van der Waals surface area contributed by atoms with E-state index in [2.05, 4.69) is 21.2 Å². The number of benzene rings is 4. The summed E-state index contributed by atoms with van der Waals surface area (Å²) in [6.07, 6.45) is 1.33. The number of hydrogen-bond donors (Lipinski definition) is 1. The Labute approximate surface area is 270 Å². The van der Waals surface area contributed by atoms with Gasteiger partial charge in [0.15, 0.2) is 11.5 Å². The highest BCUT2D eigenvalue weighted by molar-refractivity contribution is 9.10. The van der Waals surface area contributed by atoms with E-state index < -0.39 is 22.8 Å². The third-order valence-corrected chi connectivity index (χ3v) is 7.57. The van der Waals surface area contributed by atoms with Gasteiger partial charge in [0.25, 0.3) is 17.5 Å². The number of nitro groups is 1. The van der Waals surface area contributed by atoms with Crippen LogP contribution in [0.5, 0.6) is 17.2 Å². The number of nitrogens with one attached hydrogen (secondary N) is 1. The van der Waals surface area contributed by atoms with E-state index in [0.29, 0.717) is 32.1 Å². The van der Waals surface area contributed by atoms with Crippen molar-refractivity contribution in [2.24, 2.45) is 0 Å². The second-order valence-electron chi connectivity index (χ2n) is 9.58. The topological polar surface area (TPSA) is 137 Å². The molecule has 4 amide bonds. The second-order valence-corrected chi connectivity index (χ2v) is 10.8. The van der Waals surface area contributed by atoms with E-state index >= 15 is 0 Å². The van der Waals surface area contributed by atoms with Gasteiger partial charge in [-0.25, -0.2) is 9.69 Å². The van der Waals surface area contributed by atoms with Crippen LogP contribution in [0.4, 0.5) is 16.2 Å². The first-order valence-corrected chi connectivity index (χ1v) is 14.4. The van der Waals surface area contributed by atoms with Gasteiger partial charge in [-0.15, -0.1) is 0 Å². The van der Waals surface area contributed by atoms with E-state index in [1.54, 1.807) is 42.5 Å².